The number of nitrogens with zero attached hydrogens (tertiary/aromatic N) is 2. The maximum atomic E-state index is 13.5. The van der Waals surface area contributed by atoms with Crippen LogP contribution in [0.5, 0.6) is 0 Å². The molecule has 128 valence electrons. The number of pyridine rings is 1. The molecule has 1 aromatic rings. The molecular formula is C13H18F3N5O2. The second kappa shape index (κ2) is 7.01. The van der Waals surface area contributed by atoms with Gasteiger partial charge in [0.2, 0.25) is 0 Å². The molecule has 0 aliphatic carbocycles. The second-order valence-electron chi connectivity index (χ2n) is 5.40. The highest BCUT2D eigenvalue weighted by Crippen LogP contribution is 2.40. The Hall–Kier alpha value is -2.07. The van der Waals surface area contributed by atoms with Crippen LogP contribution in [0, 0.1) is 5.92 Å². The van der Waals surface area contributed by atoms with Crippen molar-refractivity contribution < 1.29 is 23.1 Å². The van der Waals surface area contributed by atoms with Crippen molar-refractivity contribution in [1.29, 1.82) is 0 Å². The van der Waals surface area contributed by atoms with E-state index in [4.69, 9.17) is 10.9 Å². The topological polar surface area (TPSA) is 104 Å². The summed E-state index contributed by atoms with van der Waals surface area (Å²) in [6, 6.07) is 0.952. The van der Waals surface area contributed by atoms with Crippen LogP contribution in [0.1, 0.15) is 18.0 Å². The van der Waals surface area contributed by atoms with E-state index < -0.39 is 18.3 Å². The largest absolute Gasteiger partial charge is 0.465 e. The lowest BCUT2D eigenvalue weighted by Gasteiger charge is -2.30. The van der Waals surface area contributed by atoms with Crippen LogP contribution in [0.3, 0.4) is 0 Å². The third-order valence-electron chi connectivity index (χ3n) is 3.78. The zero-order chi connectivity index (χ0) is 17.0. The molecule has 1 aromatic heterocycles. The van der Waals surface area contributed by atoms with Crippen molar-refractivity contribution in [3.05, 3.63) is 23.9 Å². The van der Waals surface area contributed by atoms with E-state index in [2.05, 4.69) is 15.7 Å². The van der Waals surface area contributed by atoms with Gasteiger partial charge < -0.3 is 15.8 Å². The normalized spacial score (nSPS) is 20.3. The first-order valence-corrected chi connectivity index (χ1v) is 7.01. The first-order chi connectivity index (χ1) is 10.8. The molecule has 7 nitrogen and oxygen atoms in total. The maximum Gasteiger partial charge on any atom is 0.408 e. The van der Waals surface area contributed by atoms with E-state index in [-0.39, 0.29) is 36.9 Å². The molecule has 2 heterocycles. The van der Waals surface area contributed by atoms with Crippen molar-refractivity contribution in [3.63, 3.8) is 0 Å². The average molecular weight is 333 g/mol. The Bertz CT molecular complexity index is 537. The van der Waals surface area contributed by atoms with Gasteiger partial charge in [0, 0.05) is 19.3 Å². The van der Waals surface area contributed by atoms with E-state index in [1.165, 1.54) is 17.0 Å². The smallest absolute Gasteiger partial charge is 0.408 e. The lowest BCUT2D eigenvalue weighted by atomic mass is 10.1. The zero-order valence-corrected chi connectivity index (χ0v) is 12.2. The van der Waals surface area contributed by atoms with Crippen molar-refractivity contribution in [2.45, 2.75) is 18.6 Å². The fourth-order valence-electron chi connectivity index (χ4n) is 2.75. The molecule has 0 saturated carbocycles. The van der Waals surface area contributed by atoms with Crippen molar-refractivity contribution in [2.75, 3.05) is 25.1 Å². The van der Waals surface area contributed by atoms with Crippen LogP contribution in [0.2, 0.25) is 0 Å². The molecule has 2 atom stereocenters. The predicted molar refractivity (Wildman–Crippen MR) is 76.6 cm³/mol. The number of likely N-dealkylation sites (tertiary alicyclic amines) is 1. The molecule has 1 aliphatic rings. The van der Waals surface area contributed by atoms with Gasteiger partial charge >= 0.3 is 12.3 Å². The maximum absolute atomic E-state index is 13.5. The Labute approximate surface area is 130 Å². The summed E-state index contributed by atoms with van der Waals surface area (Å²) in [6.45, 7) is 0.555. The minimum atomic E-state index is -4.45. The van der Waals surface area contributed by atoms with E-state index in [0.717, 1.165) is 6.20 Å². The number of rotatable bonds is 5. The number of nitrogens with two attached hydrogens (primary N) is 1. The summed E-state index contributed by atoms with van der Waals surface area (Å²) in [5, 5.41) is 10.8. The average Bonchev–Trinajstić information content (AvgIpc) is 2.93. The number of amides is 1. The number of hydrogen-bond donors (Lipinski definition) is 4. The van der Waals surface area contributed by atoms with Gasteiger partial charge in [-0.2, -0.15) is 13.2 Å². The molecule has 0 bridgehead atoms. The number of halogens is 3. The van der Waals surface area contributed by atoms with Crippen molar-refractivity contribution >= 4 is 11.9 Å². The van der Waals surface area contributed by atoms with Crippen LogP contribution in [-0.2, 0) is 0 Å². The van der Waals surface area contributed by atoms with Crippen molar-refractivity contribution in [3.8, 4) is 0 Å². The molecule has 1 fully saturated rings. The molecule has 10 heteroatoms. The molecule has 0 radical (unpaired) electrons. The molecule has 0 unspecified atom stereocenters. The summed E-state index contributed by atoms with van der Waals surface area (Å²) >= 11 is 0. The summed E-state index contributed by atoms with van der Waals surface area (Å²) in [5.74, 6) is 5.29. The van der Waals surface area contributed by atoms with E-state index in [1.54, 1.807) is 0 Å². The summed E-state index contributed by atoms with van der Waals surface area (Å²) in [5.41, 5.74) is 2.30. The number of carboxylic acid groups (broad SMARTS) is 1. The number of aromatic nitrogens is 1. The van der Waals surface area contributed by atoms with E-state index in [9.17, 15) is 18.0 Å². The number of nitrogen functional groups attached to an aromatic ring is 1. The standard InChI is InChI=1S/C13H18F3N5O2/c14-13(15,16)11(9-1-2-10(20-17)18-6-9)21-4-3-8(7-21)5-19-12(22)23/h1-2,6,8,11,19H,3-5,7,17H2,(H,18,20)(H,22,23)/t8-,11-/m0/s1. The van der Waals surface area contributed by atoms with Crippen LogP contribution >= 0.6 is 0 Å². The number of alkyl halides is 3. The summed E-state index contributed by atoms with van der Waals surface area (Å²) < 4.78 is 40.4. The molecule has 1 aliphatic heterocycles. The Morgan fingerprint density at radius 2 is 2.26 bits per heavy atom. The highest BCUT2D eigenvalue weighted by Gasteiger charge is 2.46. The van der Waals surface area contributed by atoms with E-state index in [0.29, 0.717) is 6.42 Å². The van der Waals surface area contributed by atoms with Gasteiger partial charge in [-0.05, 0) is 30.5 Å². The Morgan fingerprint density at radius 1 is 1.52 bits per heavy atom. The summed E-state index contributed by atoms with van der Waals surface area (Å²) in [7, 11) is 0. The SMILES string of the molecule is NNc1ccc([C@H](N2CC[C@@H](CNC(=O)O)C2)C(F)(F)F)cn1. The van der Waals surface area contributed by atoms with Crippen LogP contribution in [-0.4, -0.2) is 46.9 Å². The van der Waals surface area contributed by atoms with Gasteiger partial charge in [-0.25, -0.2) is 15.6 Å². The summed E-state index contributed by atoms with van der Waals surface area (Å²) in [4.78, 5) is 15.6. The van der Waals surface area contributed by atoms with Gasteiger partial charge in [-0.3, -0.25) is 4.90 Å². The third kappa shape index (κ3) is 4.45. The second-order valence-corrected chi connectivity index (χ2v) is 5.40. The first kappa shape index (κ1) is 17.3. The fraction of sp³-hybridized carbons (Fsp3) is 0.538. The van der Waals surface area contributed by atoms with Gasteiger partial charge in [-0.1, -0.05) is 6.07 Å². The van der Waals surface area contributed by atoms with Gasteiger partial charge in [0.1, 0.15) is 11.9 Å². The number of nitrogens with one attached hydrogen (secondary N) is 2. The third-order valence-corrected chi connectivity index (χ3v) is 3.78. The summed E-state index contributed by atoms with van der Waals surface area (Å²) in [6.07, 6.45) is -3.97. The van der Waals surface area contributed by atoms with Crippen LogP contribution < -0.4 is 16.6 Å². The number of hydrazine groups is 1. The van der Waals surface area contributed by atoms with Gasteiger partial charge in [-0.15, -0.1) is 0 Å². The molecule has 2 rings (SSSR count). The van der Waals surface area contributed by atoms with Crippen LogP contribution in [0.25, 0.3) is 0 Å². The van der Waals surface area contributed by atoms with E-state index >= 15 is 0 Å². The molecule has 5 N–H and O–H groups in total. The molecular weight excluding hydrogens is 315 g/mol. The molecule has 1 amide bonds. The highest BCUT2D eigenvalue weighted by molar-refractivity contribution is 5.64. The monoisotopic (exact) mass is 333 g/mol. The van der Waals surface area contributed by atoms with Gasteiger partial charge in [0.25, 0.3) is 0 Å². The Kier molecular flexibility index (Phi) is 5.26. The number of hydrogen-bond acceptors (Lipinski definition) is 5. The predicted octanol–water partition coefficient (Wildman–Crippen LogP) is 1.56. The fourth-order valence-corrected chi connectivity index (χ4v) is 2.75. The Balaban J connectivity index is 2.12. The van der Waals surface area contributed by atoms with Crippen molar-refractivity contribution in [1.82, 2.24) is 15.2 Å². The quantitative estimate of drug-likeness (QED) is 0.482. The number of carbonyl (C=O) groups is 1. The Morgan fingerprint density at radius 3 is 2.78 bits per heavy atom. The molecule has 1 saturated heterocycles. The molecule has 0 aromatic carbocycles. The van der Waals surface area contributed by atoms with Gasteiger partial charge in [0.05, 0.1) is 0 Å². The molecule has 0 spiro atoms. The lowest BCUT2D eigenvalue weighted by Crippen LogP contribution is -2.38. The highest BCUT2D eigenvalue weighted by atomic mass is 19.4. The lowest BCUT2D eigenvalue weighted by molar-refractivity contribution is -0.184. The molecule has 23 heavy (non-hydrogen) atoms. The minimum Gasteiger partial charge on any atom is -0.465 e. The minimum absolute atomic E-state index is 0.0309. The van der Waals surface area contributed by atoms with E-state index in [1.807, 2.05) is 0 Å². The zero-order valence-electron chi connectivity index (χ0n) is 12.2. The van der Waals surface area contributed by atoms with Crippen LogP contribution in [0.15, 0.2) is 18.3 Å². The van der Waals surface area contributed by atoms with Crippen LogP contribution in [0.4, 0.5) is 23.8 Å². The van der Waals surface area contributed by atoms with Gasteiger partial charge in [0.15, 0.2) is 0 Å². The number of anilines is 1. The van der Waals surface area contributed by atoms with Crippen molar-refractivity contribution in [2.24, 2.45) is 11.8 Å². The first-order valence-electron chi connectivity index (χ1n) is 7.01.